The average Bonchev–Trinajstić information content (AvgIpc) is 3.02. The Morgan fingerprint density at radius 2 is 1.59 bits per heavy atom. The second-order valence-corrected chi connectivity index (χ2v) is 12.3. The van der Waals surface area contributed by atoms with E-state index in [1.54, 1.807) is 31.2 Å². The van der Waals surface area contributed by atoms with Gasteiger partial charge in [0.05, 0.1) is 31.9 Å². The topological polar surface area (TPSA) is 114 Å². The summed E-state index contributed by atoms with van der Waals surface area (Å²) in [4.78, 5) is 28.7. The van der Waals surface area contributed by atoms with E-state index in [0.29, 0.717) is 23.6 Å². The first-order valence-corrected chi connectivity index (χ1v) is 15.6. The summed E-state index contributed by atoms with van der Waals surface area (Å²) in [6.07, 6.45) is 0.276. The van der Waals surface area contributed by atoms with Gasteiger partial charge in [-0.3, -0.25) is 13.9 Å². The zero-order valence-electron chi connectivity index (χ0n) is 25.9. The average molecular weight is 630 g/mol. The first kappa shape index (κ1) is 34.2. The molecule has 1 N–H and O–H groups in total. The predicted octanol–water partition coefficient (Wildman–Crippen LogP) is 4.63. The van der Waals surface area contributed by atoms with Crippen molar-refractivity contribution >= 4 is 27.5 Å². The van der Waals surface area contributed by atoms with Gasteiger partial charge in [0, 0.05) is 19.2 Å². The molecule has 0 spiro atoms. The molecule has 12 heteroatoms. The molecule has 0 aliphatic carbocycles. The Kier molecular flexibility index (Phi) is 12.0. The van der Waals surface area contributed by atoms with Crippen LogP contribution >= 0.6 is 0 Å². The molecule has 2 amide bonds. The first-order valence-electron chi connectivity index (χ1n) is 14.2. The molecule has 0 radical (unpaired) electrons. The summed E-state index contributed by atoms with van der Waals surface area (Å²) < 4.78 is 58.9. The van der Waals surface area contributed by atoms with Crippen molar-refractivity contribution in [3.63, 3.8) is 0 Å². The molecule has 0 saturated carbocycles. The SMILES string of the molecule is CCC(C(=O)NCC(C)C)N(Cc1cccc(OC)c1)C(=O)CN(c1ccc(F)cc1)S(=O)(=O)c1ccc(OC)c(OC)c1. The number of amides is 2. The molecule has 238 valence electrons. The number of sulfonamides is 1. The van der Waals surface area contributed by atoms with E-state index in [1.807, 2.05) is 13.8 Å². The van der Waals surface area contributed by atoms with Crippen molar-refractivity contribution in [3.05, 3.63) is 78.1 Å². The molecule has 0 aliphatic rings. The molecule has 0 fully saturated rings. The number of carbonyl (C=O) groups is 2. The van der Waals surface area contributed by atoms with Gasteiger partial charge in [-0.1, -0.05) is 32.9 Å². The Hall–Kier alpha value is -4.32. The van der Waals surface area contributed by atoms with Crippen LogP contribution in [0.15, 0.2) is 71.6 Å². The number of anilines is 1. The minimum atomic E-state index is -4.40. The minimum absolute atomic E-state index is 0.0112. The minimum Gasteiger partial charge on any atom is -0.497 e. The van der Waals surface area contributed by atoms with Crippen molar-refractivity contribution in [2.24, 2.45) is 5.92 Å². The van der Waals surface area contributed by atoms with Crippen molar-refractivity contribution in [2.45, 2.75) is 44.7 Å². The summed E-state index contributed by atoms with van der Waals surface area (Å²) in [5.74, 6) is -0.321. The van der Waals surface area contributed by atoms with Gasteiger partial charge in [0.15, 0.2) is 11.5 Å². The Morgan fingerprint density at radius 1 is 0.909 bits per heavy atom. The number of halogens is 1. The Balaban J connectivity index is 2.09. The van der Waals surface area contributed by atoms with Crippen LogP contribution in [0.2, 0.25) is 0 Å². The number of hydrogen-bond acceptors (Lipinski definition) is 7. The van der Waals surface area contributed by atoms with Gasteiger partial charge >= 0.3 is 0 Å². The highest BCUT2D eigenvalue weighted by molar-refractivity contribution is 7.92. The van der Waals surface area contributed by atoms with Crippen LogP contribution in [0.5, 0.6) is 17.2 Å². The Morgan fingerprint density at radius 3 is 2.18 bits per heavy atom. The Bertz CT molecular complexity index is 1530. The van der Waals surface area contributed by atoms with Crippen LogP contribution in [0.4, 0.5) is 10.1 Å². The highest BCUT2D eigenvalue weighted by atomic mass is 32.2. The second-order valence-electron chi connectivity index (χ2n) is 10.4. The Labute approximate surface area is 258 Å². The first-order chi connectivity index (χ1) is 20.9. The van der Waals surface area contributed by atoms with E-state index >= 15 is 0 Å². The van der Waals surface area contributed by atoms with E-state index in [0.717, 1.165) is 16.4 Å². The largest absolute Gasteiger partial charge is 0.497 e. The smallest absolute Gasteiger partial charge is 0.264 e. The van der Waals surface area contributed by atoms with Crippen molar-refractivity contribution in [3.8, 4) is 17.2 Å². The van der Waals surface area contributed by atoms with Crippen LogP contribution in [-0.4, -0.2) is 65.6 Å². The number of hydrogen-bond donors (Lipinski definition) is 1. The van der Waals surface area contributed by atoms with Crippen LogP contribution in [-0.2, 0) is 26.2 Å². The number of carbonyl (C=O) groups excluding carboxylic acids is 2. The number of methoxy groups -OCH3 is 3. The van der Waals surface area contributed by atoms with Crippen LogP contribution < -0.4 is 23.8 Å². The van der Waals surface area contributed by atoms with Crippen molar-refractivity contribution in [2.75, 3.05) is 38.7 Å². The highest BCUT2D eigenvalue weighted by Crippen LogP contribution is 2.32. The van der Waals surface area contributed by atoms with Crippen molar-refractivity contribution < 1.29 is 36.6 Å². The maximum Gasteiger partial charge on any atom is 0.264 e. The maximum atomic E-state index is 14.2. The van der Waals surface area contributed by atoms with Crippen molar-refractivity contribution in [1.82, 2.24) is 10.2 Å². The van der Waals surface area contributed by atoms with E-state index in [1.165, 1.54) is 56.6 Å². The predicted molar refractivity (Wildman–Crippen MR) is 166 cm³/mol. The molecule has 0 bridgehead atoms. The lowest BCUT2D eigenvalue weighted by Crippen LogP contribution is -2.52. The number of nitrogens with one attached hydrogen (secondary N) is 1. The highest BCUT2D eigenvalue weighted by Gasteiger charge is 2.34. The van der Waals surface area contributed by atoms with Crippen LogP contribution in [0.25, 0.3) is 0 Å². The van der Waals surface area contributed by atoms with Crippen LogP contribution in [0.3, 0.4) is 0 Å². The maximum absolute atomic E-state index is 14.2. The van der Waals surface area contributed by atoms with Gasteiger partial charge in [0.2, 0.25) is 11.8 Å². The lowest BCUT2D eigenvalue weighted by Gasteiger charge is -2.33. The summed E-state index contributed by atoms with van der Waals surface area (Å²) in [5, 5.41) is 2.89. The third-order valence-corrected chi connectivity index (χ3v) is 8.66. The molecule has 0 saturated heterocycles. The standard InChI is InChI=1S/C32H40FN3O7S/c1-7-28(32(38)34-19-22(2)3)35(20-23-9-8-10-26(17-23)41-4)31(37)21-36(25-13-11-24(33)12-14-25)44(39,40)27-15-16-29(42-5)30(18-27)43-6/h8-18,22,28H,7,19-21H2,1-6H3,(H,34,38). The molecule has 0 aliphatic heterocycles. The normalized spacial score (nSPS) is 11.9. The number of rotatable bonds is 15. The molecule has 10 nitrogen and oxygen atoms in total. The van der Waals surface area contributed by atoms with E-state index < -0.39 is 34.3 Å². The lowest BCUT2D eigenvalue weighted by atomic mass is 10.1. The van der Waals surface area contributed by atoms with E-state index in [2.05, 4.69) is 5.32 Å². The second kappa shape index (κ2) is 15.4. The van der Waals surface area contributed by atoms with Gasteiger partial charge < -0.3 is 24.4 Å². The molecule has 0 aromatic heterocycles. The van der Waals surface area contributed by atoms with Crippen LogP contribution in [0, 0.1) is 11.7 Å². The monoisotopic (exact) mass is 629 g/mol. The summed E-state index contributed by atoms with van der Waals surface area (Å²) in [6, 6.07) is 15.0. The lowest BCUT2D eigenvalue weighted by molar-refractivity contribution is -0.140. The van der Waals surface area contributed by atoms with Gasteiger partial charge in [-0.05, 0) is 66.4 Å². The zero-order chi connectivity index (χ0) is 32.4. The quantitative estimate of drug-likeness (QED) is 0.261. The summed E-state index contributed by atoms with van der Waals surface area (Å²) in [6.45, 7) is 5.45. The molecular formula is C32H40FN3O7S. The number of ether oxygens (including phenoxy) is 3. The van der Waals surface area contributed by atoms with Gasteiger partial charge in [-0.25, -0.2) is 12.8 Å². The van der Waals surface area contributed by atoms with E-state index in [-0.39, 0.29) is 41.1 Å². The molecular weight excluding hydrogens is 589 g/mol. The summed E-state index contributed by atoms with van der Waals surface area (Å²) >= 11 is 0. The van der Waals surface area contributed by atoms with Crippen molar-refractivity contribution in [1.29, 1.82) is 0 Å². The molecule has 1 atom stereocenters. The van der Waals surface area contributed by atoms with E-state index in [9.17, 15) is 22.4 Å². The fraction of sp³-hybridized carbons (Fsp3) is 0.375. The summed E-state index contributed by atoms with van der Waals surface area (Å²) in [5.41, 5.74) is 0.747. The van der Waals surface area contributed by atoms with E-state index in [4.69, 9.17) is 14.2 Å². The van der Waals surface area contributed by atoms with Gasteiger partial charge in [-0.2, -0.15) is 0 Å². The fourth-order valence-corrected chi connectivity index (χ4v) is 5.98. The number of benzene rings is 3. The van der Waals surface area contributed by atoms with Gasteiger partial charge in [-0.15, -0.1) is 0 Å². The molecule has 3 rings (SSSR count). The molecule has 3 aromatic carbocycles. The zero-order valence-corrected chi connectivity index (χ0v) is 26.7. The third-order valence-electron chi connectivity index (χ3n) is 6.89. The molecule has 1 unspecified atom stereocenters. The molecule has 3 aromatic rings. The molecule has 0 heterocycles. The summed E-state index contributed by atoms with van der Waals surface area (Å²) in [7, 11) is -0.0792. The van der Waals surface area contributed by atoms with Crippen LogP contribution in [0.1, 0.15) is 32.8 Å². The fourth-order valence-electron chi connectivity index (χ4n) is 4.55. The number of nitrogens with zero attached hydrogens (tertiary/aromatic N) is 2. The molecule has 44 heavy (non-hydrogen) atoms. The van der Waals surface area contributed by atoms with Gasteiger partial charge in [0.25, 0.3) is 10.0 Å². The third kappa shape index (κ3) is 8.40. The van der Waals surface area contributed by atoms with Gasteiger partial charge in [0.1, 0.15) is 24.2 Å².